The highest BCUT2D eigenvalue weighted by molar-refractivity contribution is 5.64. The molecule has 1 heterocycles. The van der Waals surface area contributed by atoms with E-state index in [0.717, 1.165) is 0 Å². The number of hydrogen-bond acceptors (Lipinski definition) is 8. The minimum Gasteiger partial charge on any atom is -0.494 e. The van der Waals surface area contributed by atoms with Gasteiger partial charge in [0.2, 0.25) is 0 Å². The molecule has 1 aromatic carbocycles. The molecule has 0 saturated carbocycles. The van der Waals surface area contributed by atoms with E-state index >= 15 is 0 Å². The van der Waals surface area contributed by atoms with Crippen LogP contribution in [0.2, 0.25) is 0 Å². The summed E-state index contributed by atoms with van der Waals surface area (Å²) in [4.78, 5) is 10.6. The van der Waals surface area contributed by atoms with E-state index in [4.69, 9.17) is 9.47 Å². The van der Waals surface area contributed by atoms with Gasteiger partial charge in [-0.05, 0) is 26.0 Å². The third kappa shape index (κ3) is 3.70. The molecule has 4 N–H and O–H groups in total. The number of nitro benzene ring substituents is 1. The summed E-state index contributed by atoms with van der Waals surface area (Å²) in [7, 11) is 0. The first-order valence-electron chi connectivity index (χ1n) is 7.22. The number of anilines is 1. The molecule has 1 aliphatic rings. The molecule has 0 aromatic heterocycles. The van der Waals surface area contributed by atoms with Crippen LogP contribution in [0.5, 0.6) is 5.75 Å². The lowest BCUT2D eigenvalue weighted by molar-refractivity contribution is -0.384. The second-order valence-corrected chi connectivity index (χ2v) is 5.25. The Morgan fingerprint density at radius 2 is 2.00 bits per heavy atom. The summed E-state index contributed by atoms with van der Waals surface area (Å²) in [6.07, 6.45) is -5.93. The van der Waals surface area contributed by atoms with Gasteiger partial charge in [-0.15, -0.1) is 0 Å². The van der Waals surface area contributed by atoms with Crippen molar-refractivity contribution >= 4 is 11.4 Å². The number of nitrogens with one attached hydrogen (secondary N) is 1. The maximum Gasteiger partial charge on any atom is 0.296 e. The Morgan fingerprint density at radius 3 is 2.61 bits per heavy atom. The quantitative estimate of drug-likeness (QED) is 0.446. The highest BCUT2D eigenvalue weighted by atomic mass is 16.6. The van der Waals surface area contributed by atoms with Gasteiger partial charge in [0.15, 0.2) is 6.23 Å². The molecule has 1 aliphatic heterocycles. The molecule has 0 amide bonds. The molecule has 0 radical (unpaired) electrons. The summed E-state index contributed by atoms with van der Waals surface area (Å²) in [5, 5.41) is 43.3. The first kappa shape index (κ1) is 17.4. The van der Waals surface area contributed by atoms with E-state index in [1.165, 1.54) is 19.1 Å². The number of aliphatic hydroxyl groups excluding tert-OH is 3. The monoisotopic (exact) mass is 328 g/mol. The summed E-state index contributed by atoms with van der Waals surface area (Å²) < 4.78 is 10.6. The zero-order valence-corrected chi connectivity index (χ0v) is 12.7. The van der Waals surface area contributed by atoms with Crippen molar-refractivity contribution in [1.82, 2.24) is 0 Å². The number of rotatable bonds is 5. The molecule has 0 unspecified atom stereocenters. The fourth-order valence-electron chi connectivity index (χ4n) is 2.36. The fraction of sp³-hybridized carbons (Fsp3) is 0.571. The van der Waals surface area contributed by atoms with E-state index in [-0.39, 0.29) is 11.4 Å². The lowest BCUT2D eigenvalue weighted by Crippen LogP contribution is -2.58. The Hall–Kier alpha value is -1.94. The summed E-state index contributed by atoms with van der Waals surface area (Å²) in [6.45, 7) is 3.66. The molecule has 9 heteroatoms. The fourth-order valence-corrected chi connectivity index (χ4v) is 2.36. The molecule has 0 aliphatic carbocycles. The average Bonchev–Trinajstić information content (AvgIpc) is 2.52. The van der Waals surface area contributed by atoms with Crippen molar-refractivity contribution in [2.24, 2.45) is 0 Å². The second-order valence-electron chi connectivity index (χ2n) is 5.25. The third-order valence-corrected chi connectivity index (χ3v) is 3.63. The first-order chi connectivity index (χ1) is 10.8. The Morgan fingerprint density at radius 1 is 1.30 bits per heavy atom. The van der Waals surface area contributed by atoms with E-state index in [9.17, 15) is 25.4 Å². The van der Waals surface area contributed by atoms with Crippen molar-refractivity contribution in [2.45, 2.75) is 44.5 Å². The highest BCUT2D eigenvalue weighted by Gasteiger charge is 2.42. The van der Waals surface area contributed by atoms with E-state index in [1.807, 2.05) is 0 Å². The molecule has 1 aromatic rings. The largest absolute Gasteiger partial charge is 0.494 e. The number of benzene rings is 1. The molecule has 5 atom stereocenters. The summed E-state index contributed by atoms with van der Waals surface area (Å²) in [5.74, 6) is 0.346. The van der Waals surface area contributed by atoms with Crippen LogP contribution in [0.25, 0.3) is 0 Å². The molecule has 2 rings (SSSR count). The van der Waals surface area contributed by atoms with Crippen LogP contribution in [0.4, 0.5) is 11.4 Å². The highest BCUT2D eigenvalue weighted by Crippen LogP contribution is 2.31. The van der Waals surface area contributed by atoms with Gasteiger partial charge in [0, 0.05) is 0 Å². The van der Waals surface area contributed by atoms with Gasteiger partial charge in [0.1, 0.15) is 29.7 Å². The van der Waals surface area contributed by atoms with Crippen LogP contribution in [0, 0.1) is 10.1 Å². The van der Waals surface area contributed by atoms with Gasteiger partial charge in [0.05, 0.1) is 23.7 Å². The lowest BCUT2D eigenvalue weighted by atomic mass is 9.99. The topological polar surface area (TPSA) is 134 Å². The van der Waals surface area contributed by atoms with Crippen molar-refractivity contribution in [2.75, 3.05) is 11.9 Å². The van der Waals surface area contributed by atoms with Crippen LogP contribution in [-0.2, 0) is 4.74 Å². The number of nitrogens with zero attached hydrogens (tertiary/aromatic N) is 1. The Labute approximate surface area is 132 Å². The smallest absolute Gasteiger partial charge is 0.296 e. The zero-order valence-electron chi connectivity index (χ0n) is 12.7. The van der Waals surface area contributed by atoms with Gasteiger partial charge in [0.25, 0.3) is 5.69 Å². The Kier molecular flexibility index (Phi) is 5.37. The van der Waals surface area contributed by atoms with Crippen LogP contribution in [-0.4, -0.2) is 57.5 Å². The van der Waals surface area contributed by atoms with E-state index < -0.39 is 35.6 Å². The normalized spacial score (nSPS) is 30.7. The van der Waals surface area contributed by atoms with Crippen LogP contribution in [0.1, 0.15) is 13.8 Å². The minimum absolute atomic E-state index is 0.110. The van der Waals surface area contributed by atoms with Gasteiger partial charge in [-0.1, -0.05) is 0 Å². The van der Waals surface area contributed by atoms with Gasteiger partial charge < -0.3 is 30.1 Å². The number of nitro groups is 1. The van der Waals surface area contributed by atoms with Crippen LogP contribution < -0.4 is 10.1 Å². The number of aliphatic hydroxyl groups is 3. The molecule has 9 nitrogen and oxygen atoms in total. The summed E-state index contributed by atoms with van der Waals surface area (Å²) >= 11 is 0. The maximum absolute atomic E-state index is 11.2. The molecular formula is C14H20N2O7. The van der Waals surface area contributed by atoms with E-state index in [2.05, 4.69) is 5.32 Å². The zero-order chi connectivity index (χ0) is 17.1. The van der Waals surface area contributed by atoms with Gasteiger partial charge in [-0.3, -0.25) is 10.1 Å². The Balaban J connectivity index is 2.23. The summed E-state index contributed by atoms with van der Waals surface area (Å²) in [6, 6.07) is 4.24. The Bertz CT molecular complexity index is 568. The predicted octanol–water partition coefficient (Wildman–Crippen LogP) is 0.233. The number of hydrogen-bond donors (Lipinski definition) is 4. The van der Waals surface area contributed by atoms with E-state index in [1.54, 1.807) is 13.0 Å². The van der Waals surface area contributed by atoms with Crippen molar-refractivity contribution < 1.29 is 29.7 Å². The van der Waals surface area contributed by atoms with E-state index in [0.29, 0.717) is 12.4 Å². The van der Waals surface area contributed by atoms with Crippen molar-refractivity contribution in [3.05, 3.63) is 28.3 Å². The molecular weight excluding hydrogens is 308 g/mol. The van der Waals surface area contributed by atoms with Crippen molar-refractivity contribution in [3.63, 3.8) is 0 Å². The standard InChI is InChI=1S/C14H20N2O7/c1-3-22-8-4-5-9(10(6-8)16(20)21)15-14-13(19)12(18)11(17)7(2)23-14/h4-7,11-15,17-19H,3H2,1-2H3/t7-,11+,12-,13-,14-/m1/s1. The molecule has 1 fully saturated rings. The minimum atomic E-state index is -1.44. The SMILES string of the molecule is CCOc1ccc(N[C@@H]2O[C@H](C)[C@H](O)[C@@H](O)[C@H]2O)c([N+](=O)[O-])c1. The molecule has 1 saturated heterocycles. The maximum atomic E-state index is 11.2. The van der Waals surface area contributed by atoms with Crippen molar-refractivity contribution in [1.29, 1.82) is 0 Å². The van der Waals surface area contributed by atoms with Gasteiger partial charge in [-0.25, -0.2) is 0 Å². The first-order valence-corrected chi connectivity index (χ1v) is 7.22. The third-order valence-electron chi connectivity index (χ3n) is 3.63. The molecule has 0 bridgehead atoms. The van der Waals surface area contributed by atoms with Gasteiger partial charge >= 0.3 is 0 Å². The van der Waals surface area contributed by atoms with Gasteiger partial charge in [-0.2, -0.15) is 0 Å². The van der Waals surface area contributed by atoms with Crippen molar-refractivity contribution in [3.8, 4) is 5.75 Å². The molecule has 128 valence electrons. The second kappa shape index (κ2) is 7.09. The number of ether oxygens (including phenoxy) is 2. The summed E-state index contributed by atoms with van der Waals surface area (Å²) in [5.41, 5.74) is -0.140. The average molecular weight is 328 g/mol. The van der Waals surface area contributed by atoms with Crippen LogP contribution >= 0.6 is 0 Å². The lowest BCUT2D eigenvalue weighted by Gasteiger charge is -2.39. The predicted molar refractivity (Wildman–Crippen MR) is 80.2 cm³/mol. The van der Waals surface area contributed by atoms with Crippen LogP contribution in [0.3, 0.4) is 0 Å². The van der Waals surface area contributed by atoms with Crippen LogP contribution in [0.15, 0.2) is 18.2 Å². The molecule has 23 heavy (non-hydrogen) atoms. The molecule has 0 spiro atoms.